The number of amides is 2. The van der Waals surface area contributed by atoms with Gasteiger partial charge in [-0.3, -0.25) is 4.79 Å². The summed E-state index contributed by atoms with van der Waals surface area (Å²) >= 11 is 1.67. The molecule has 15 heavy (non-hydrogen) atoms. The third-order valence-corrected chi connectivity index (χ3v) is 2.26. The molecular weight excluding hydrogens is 216 g/mol. The van der Waals surface area contributed by atoms with Crippen molar-refractivity contribution < 1.29 is 14.3 Å². The number of ether oxygens (including phenoxy) is 1. The molecule has 0 aliphatic carbocycles. The maximum Gasteiger partial charge on any atom is 0.325 e. The van der Waals surface area contributed by atoms with E-state index in [-0.39, 0.29) is 12.6 Å². The Labute approximate surface area is 94.5 Å². The third-order valence-electron chi connectivity index (χ3n) is 1.67. The lowest BCUT2D eigenvalue weighted by atomic mass is 10.6. The summed E-state index contributed by atoms with van der Waals surface area (Å²) in [5.74, 6) is 0.465. The van der Waals surface area contributed by atoms with E-state index in [2.05, 4.69) is 10.1 Å². The number of carbonyl (C=O) groups is 2. The average molecular weight is 234 g/mol. The molecule has 0 aromatic heterocycles. The second-order valence-corrected chi connectivity index (χ2v) is 3.86. The number of hydrogen-bond acceptors (Lipinski definition) is 4. The number of thioether (sulfide) groups is 1. The molecule has 1 N–H and O–H groups in total. The van der Waals surface area contributed by atoms with E-state index < -0.39 is 5.97 Å². The molecule has 0 rings (SSSR count). The van der Waals surface area contributed by atoms with E-state index in [0.717, 1.165) is 5.75 Å². The van der Waals surface area contributed by atoms with Crippen molar-refractivity contribution in [3.05, 3.63) is 0 Å². The zero-order valence-electron chi connectivity index (χ0n) is 9.41. The first-order valence-electron chi connectivity index (χ1n) is 4.75. The maximum absolute atomic E-state index is 11.4. The standard InChI is InChI=1S/C9H18N2O3S/c1-4-14-8(12)7-10-9(13)11(2)5-6-15-3/h4-7H2,1-3H3,(H,10,13). The Balaban J connectivity index is 3.68. The molecule has 0 atom stereocenters. The molecule has 0 unspecified atom stereocenters. The molecule has 0 saturated heterocycles. The van der Waals surface area contributed by atoms with Gasteiger partial charge in [0.05, 0.1) is 6.61 Å². The van der Waals surface area contributed by atoms with Crippen molar-refractivity contribution in [3.63, 3.8) is 0 Å². The number of nitrogens with one attached hydrogen (secondary N) is 1. The molecule has 0 aliphatic rings. The molecule has 5 nitrogen and oxygen atoms in total. The summed E-state index contributed by atoms with van der Waals surface area (Å²) in [7, 11) is 1.69. The number of esters is 1. The van der Waals surface area contributed by atoms with E-state index in [1.54, 1.807) is 25.7 Å². The van der Waals surface area contributed by atoms with Gasteiger partial charge in [0.2, 0.25) is 0 Å². The van der Waals surface area contributed by atoms with Crippen LogP contribution in [0.2, 0.25) is 0 Å². The molecule has 0 fully saturated rings. The van der Waals surface area contributed by atoms with Crippen LogP contribution in [0.1, 0.15) is 6.92 Å². The molecule has 0 aromatic carbocycles. The lowest BCUT2D eigenvalue weighted by Crippen LogP contribution is -2.41. The first-order valence-corrected chi connectivity index (χ1v) is 6.14. The monoisotopic (exact) mass is 234 g/mol. The number of carbonyl (C=O) groups excluding carboxylic acids is 2. The fraction of sp³-hybridized carbons (Fsp3) is 0.778. The zero-order chi connectivity index (χ0) is 11.7. The van der Waals surface area contributed by atoms with E-state index in [4.69, 9.17) is 0 Å². The Hall–Kier alpha value is -0.910. The molecule has 0 bridgehead atoms. The van der Waals surface area contributed by atoms with Crippen molar-refractivity contribution in [2.75, 3.05) is 38.8 Å². The minimum absolute atomic E-state index is 0.0731. The Morgan fingerprint density at radius 3 is 2.67 bits per heavy atom. The molecule has 0 radical (unpaired) electrons. The maximum atomic E-state index is 11.4. The largest absolute Gasteiger partial charge is 0.465 e. The lowest BCUT2D eigenvalue weighted by Gasteiger charge is -2.16. The van der Waals surface area contributed by atoms with Crippen molar-refractivity contribution in [1.82, 2.24) is 10.2 Å². The van der Waals surface area contributed by atoms with Gasteiger partial charge in [-0.25, -0.2) is 4.79 Å². The van der Waals surface area contributed by atoms with Gasteiger partial charge in [0.15, 0.2) is 0 Å². The topological polar surface area (TPSA) is 58.6 Å². The molecule has 88 valence electrons. The van der Waals surface area contributed by atoms with Crippen LogP contribution >= 0.6 is 11.8 Å². The number of nitrogens with zero attached hydrogens (tertiary/aromatic N) is 1. The van der Waals surface area contributed by atoms with Crippen LogP contribution in [0.4, 0.5) is 4.79 Å². The highest BCUT2D eigenvalue weighted by molar-refractivity contribution is 7.98. The normalized spacial score (nSPS) is 9.53. The fourth-order valence-corrected chi connectivity index (χ4v) is 1.28. The fourth-order valence-electron chi connectivity index (χ4n) is 0.825. The summed E-state index contributed by atoms with van der Waals surface area (Å²) in [5, 5.41) is 2.48. The Morgan fingerprint density at radius 2 is 2.13 bits per heavy atom. The predicted octanol–water partition coefficient (Wildman–Crippen LogP) is 0.554. The highest BCUT2D eigenvalue weighted by Gasteiger charge is 2.09. The quantitative estimate of drug-likeness (QED) is 0.682. The molecule has 6 heteroatoms. The van der Waals surface area contributed by atoms with Crippen LogP contribution in [0.15, 0.2) is 0 Å². The minimum atomic E-state index is -0.413. The third kappa shape index (κ3) is 7.07. The SMILES string of the molecule is CCOC(=O)CNC(=O)N(C)CCSC. The Bertz CT molecular complexity index is 212. The van der Waals surface area contributed by atoms with Crippen LogP contribution in [-0.4, -0.2) is 55.7 Å². The molecule has 0 aliphatic heterocycles. The van der Waals surface area contributed by atoms with Crippen LogP contribution in [0.3, 0.4) is 0 Å². The van der Waals surface area contributed by atoms with Crippen LogP contribution in [0, 0.1) is 0 Å². The van der Waals surface area contributed by atoms with Crippen LogP contribution < -0.4 is 5.32 Å². The van der Waals surface area contributed by atoms with E-state index in [9.17, 15) is 9.59 Å². The lowest BCUT2D eigenvalue weighted by molar-refractivity contribution is -0.141. The average Bonchev–Trinajstić information content (AvgIpc) is 2.22. The van der Waals surface area contributed by atoms with Crippen molar-refractivity contribution in [3.8, 4) is 0 Å². The van der Waals surface area contributed by atoms with Gasteiger partial charge >= 0.3 is 12.0 Å². The van der Waals surface area contributed by atoms with Crippen molar-refractivity contribution in [2.45, 2.75) is 6.92 Å². The van der Waals surface area contributed by atoms with E-state index >= 15 is 0 Å². The number of urea groups is 1. The second-order valence-electron chi connectivity index (χ2n) is 2.88. The summed E-state index contributed by atoms with van der Waals surface area (Å²) in [5.41, 5.74) is 0. The molecular formula is C9H18N2O3S. The molecule has 0 saturated carbocycles. The summed E-state index contributed by atoms with van der Waals surface area (Å²) in [6.45, 7) is 2.65. The molecule has 0 aromatic rings. The second kappa shape index (κ2) is 8.40. The van der Waals surface area contributed by atoms with Crippen molar-refractivity contribution in [2.24, 2.45) is 0 Å². The van der Waals surface area contributed by atoms with Gasteiger partial charge in [0, 0.05) is 19.3 Å². The van der Waals surface area contributed by atoms with Gasteiger partial charge < -0.3 is 15.0 Å². The summed E-state index contributed by atoms with van der Waals surface area (Å²) in [4.78, 5) is 23.8. The van der Waals surface area contributed by atoms with Crippen LogP contribution in [0.5, 0.6) is 0 Å². The Morgan fingerprint density at radius 1 is 1.47 bits per heavy atom. The molecule has 2 amide bonds. The summed E-state index contributed by atoms with van der Waals surface area (Å²) in [6, 6.07) is -0.253. The van der Waals surface area contributed by atoms with E-state index in [1.165, 1.54) is 4.90 Å². The van der Waals surface area contributed by atoms with Gasteiger partial charge in [0.25, 0.3) is 0 Å². The van der Waals surface area contributed by atoms with E-state index in [0.29, 0.717) is 13.2 Å². The van der Waals surface area contributed by atoms with Gasteiger partial charge in [-0.05, 0) is 13.2 Å². The molecule has 0 heterocycles. The van der Waals surface area contributed by atoms with Crippen LogP contribution in [0.25, 0.3) is 0 Å². The first kappa shape index (κ1) is 14.1. The van der Waals surface area contributed by atoms with Gasteiger partial charge in [-0.15, -0.1) is 0 Å². The zero-order valence-corrected chi connectivity index (χ0v) is 10.2. The van der Waals surface area contributed by atoms with E-state index in [1.807, 2.05) is 6.26 Å². The first-order chi connectivity index (χ1) is 7.11. The highest BCUT2D eigenvalue weighted by atomic mass is 32.2. The summed E-state index contributed by atoms with van der Waals surface area (Å²) in [6.07, 6.45) is 1.98. The summed E-state index contributed by atoms with van der Waals surface area (Å²) < 4.78 is 4.68. The van der Waals surface area contributed by atoms with Gasteiger partial charge in [-0.2, -0.15) is 11.8 Å². The smallest absolute Gasteiger partial charge is 0.325 e. The number of hydrogen-bond donors (Lipinski definition) is 1. The minimum Gasteiger partial charge on any atom is -0.465 e. The van der Waals surface area contributed by atoms with Crippen molar-refractivity contribution in [1.29, 1.82) is 0 Å². The highest BCUT2D eigenvalue weighted by Crippen LogP contribution is 1.93. The van der Waals surface area contributed by atoms with Gasteiger partial charge in [0.1, 0.15) is 6.54 Å². The van der Waals surface area contributed by atoms with Crippen molar-refractivity contribution >= 4 is 23.8 Å². The molecule has 0 spiro atoms. The predicted molar refractivity (Wildman–Crippen MR) is 61.0 cm³/mol. The van der Waals surface area contributed by atoms with Gasteiger partial charge in [-0.1, -0.05) is 0 Å². The Kier molecular flexibility index (Phi) is 7.89. The number of rotatable bonds is 6. The van der Waals surface area contributed by atoms with Crippen LogP contribution in [-0.2, 0) is 9.53 Å².